The molecule has 1 fully saturated rings. The number of benzene rings is 2. The van der Waals surface area contributed by atoms with E-state index >= 15 is 0 Å². The zero-order chi connectivity index (χ0) is 22.1. The molecular formula is C24H27ClFN5. The van der Waals surface area contributed by atoms with Crippen molar-refractivity contribution < 1.29 is 4.39 Å². The Hall–Kier alpha value is -2.70. The van der Waals surface area contributed by atoms with Crippen molar-refractivity contribution in [3.05, 3.63) is 59.0 Å². The number of piperidine rings is 1. The summed E-state index contributed by atoms with van der Waals surface area (Å²) in [5.41, 5.74) is 11.1. The molecule has 0 aliphatic carbocycles. The molecule has 0 unspecified atom stereocenters. The SMILES string of the molecule is Cc1cnc(-c2cc(N(C)C3CCN(C)CC3)ccc2N)nc1-c1ccc(F)c(Cl)c1. The second-order valence-corrected chi connectivity index (χ2v) is 8.68. The van der Waals surface area contributed by atoms with E-state index in [1.165, 1.54) is 6.07 Å². The molecule has 0 radical (unpaired) electrons. The van der Waals surface area contributed by atoms with Crippen LogP contribution < -0.4 is 10.6 Å². The summed E-state index contributed by atoms with van der Waals surface area (Å²) in [6, 6.07) is 11.1. The normalized spacial score (nSPS) is 15.3. The number of likely N-dealkylation sites (tertiary alicyclic amines) is 1. The Labute approximate surface area is 187 Å². The summed E-state index contributed by atoms with van der Waals surface area (Å²) < 4.78 is 13.6. The van der Waals surface area contributed by atoms with Gasteiger partial charge in [0.25, 0.3) is 0 Å². The molecular weight excluding hydrogens is 413 g/mol. The van der Waals surface area contributed by atoms with Gasteiger partial charge in [0.05, 0.1) is 10.7 Å². The van der Waals surface area contributed by atoms with Gasteiger partial charge >= 0.3 is 0 Å². The van der Waals surface area contributed by atoms with Gasteiger partial charge in [-0.3, -0.25) is 0 Å². The number of rotatable bonds is 4. The predicted octanol–water partition coefficient (Wildman–Crippen LogP) is 5.02. The van der Waals surface area contributed by atoms with Crippen LogP contribution in [0.2, 0.25) is 5.02 Å². The van der Waals surface area contributed by atoms with Crippen LogP contribution >= 0.6 is 11.6 Å². The van der Waals surface area contributed by atoms with Gasteiger partial charge in [0, 0.05) is 41.8 Å². The van der Waals surface area contributed by atoms with Gasteiger partial charge in [-0.1, -0.05) is 11.6 Å². The van der Waals surface area contributed by atoms with E-state index in [-0.39, 0.29) is 5.02 Å². The van der Waals surface area contributed by atoms with Crippen molar-refractivity contribution in [2.75, 3.05) is 37.8 Å². The minimum absolute atomic E-state index is 0.0679. The molecule has 0 spiro atoms. The average Bonchev–Trinajstić information content (AvgIpc) is 2.77. The zero-order valence-electron chi connectivity index (χ0n) is 18.1. The van der Waals surface area contributed by atoms with Gasteiger partial charge in [0.15, 0.2) is 5.82 Å². The fraction of sp³-hybridized carbons (Fsp3) is 0.333. The standard InChI is InChI=1S/C24H27ClFN5/c1-15-14-28-24(29-23(15)16-4-6-21(26)20(25)12-16)19-13-18(5-7-22(19)27)31(3)17-8-10-30(2)11-9-17/h4-7,12-14,17H,8-11,27H2,1-3H3. The minimum Gasteiger partial charge on any atom is -0.398 e. The van der Waals surface area contributed by atoms with Gasteiger partial charge < -0.3 is 15.5 Å². The topological polar surface area (TPSA) is 58.3 Å². The molecule has 162 valence electrons. The van der Waals surface area contributed by atoms with Gasteiger partial charge in [-0.25, -0.2) is 14.4 Å². The van der Waals surface area contributed by atoms with Gasteiger partial charge in [-0.2, -0.15) is 0 Å². The maximum atomic E-state index is 13.6. The Balaban J connectivity index is 1.69. The molecule has 5 nitrogen and oxygen atoms in total. The number of nitrogens with two attached hydrogens (primary N) is 1. The molecule has 2 N–H and O–H groups in total. The Morgan fingerprint density at radius 2 is 1.90 bits per heavy atom. The van der Waals surface area contributed by atoms with E-state index in [2.05, 4.69) is 34.9 Å². The van der Waals surface area contributed by atoms with Crippen LogP contribution in [0.1, 0.15) is 18.4 Å². The lowest BCUT2D eigenvalue weighted by Crippen LogP contribution is -2.42. The summed E-state index contributed by atoms with van der Waals surface area (Å²) in [7, 11) is 4.30. The molecule has 4 rings (SSSR count). The summed E-state index contributed by atoms with van der Waals surface area (Å²) in [6.45, 7) is 4.12. The van der Waals surface area contributed by atoms with Gasteiger partial charge in [0.2, 0.25) is 0 Å². The smallest absolute Gasteiger partial charge is 0.161 e. The molecule has 1 aromatic heterocycles. The third-order valence-corrected chi connectivity index (χ3v) is 6.38. The Kier molecular flexibility index (Phi) is 6.12. The highest BCUT2D eigenvalue weighted by molar-refractivity contribution is 6.31. The van der Waals surface area contributed by atoms with Crippen molar-refractivity contribution in [2.45, 2.75) is 25.8 Å². The molecule has 7 heteroatoms. The molecule has 1 saturated heterocycles. The number of hydrogen-bond acceptors (Lipinski definition) is 5. The third-order valence-electron chi connectivity index (χ3n) is 6.09. The number of aromatic nitrogens is 2. The zero-order valence-corrected chi connectivity index (χ0v) is 18.8. The molecule has 1 aliphatic heterocycles. The fourth-order valence-electron chi connectivity index (χ4n) is 4.06. The summed E-state index contributed by atoms with van der Waals surface area (Å²) >= 11 is 5.99. The lowest BCUT2D eigenvalue weighted by Gasteiger charge is -2.36. The number of aryl methyl sites for hydroxylation is 1. The molecule has 3 aromatic rings. The van der Waals surface area contributed by atoms with Crippen molar-refractivity contribution in [1.29, 1.82) is 0 Å². The fourth-order valence-corrected chi connectivity index (χ4v) is 4.24. The molecule has 0 bridgehead atoms. The number of halogens is 2. The summed E-state index contributed by atoms with van der Waals surface area (Å²) in [4.78, 5) is 14.0. The van der Waals surface area contributed by atoms with Crippen LogP contribution in [0.25, 0.3) is 22.6 Å². The first kappa shape index (κ1) is 21.5. The van der Waals surface area contributed by atoms with Gasteiger partial charge in [0.1, 0.15) is 5.82 Å². The van der Waals surface area contributed by atoms with Crippen LogP contribution in [0, 0.1) is 12.7 Å². The van der Waals surface area contributed by atoms with Crippen LogP contribution in [0.5, 0.6) is 0 Å². The van der Waals surface area contributed by atoms with E-state index in [4.69, 9.17) is 22.3 Å². The first-order valence-electron chi connectivity index (χ1n) is 10.4. The second-order valence-electron chi connectivity index (χ2n) is 8.27. The van der Waals surface area contributed by atoms with E-state index in [0.717, 1.165) is 48.3 Å². The van der Waals surface area contributed by atoms with Gasteiger partial charge in [-0.05, 0) is 81.9 Å². The number of anilines is 2. The maximum Gasteiger partial charge on any atom is 0.161 e. The highest BCUT2D eigenvalue weighted by Crippen LogP contribution is 2.32. The average molecular weight is 440 g/mol. The molecule has 2 aromatic carbocycles. The van der Waals surface area contributed by atoms with Crippen LogP contribution in [-0.4, -0.2) is 48.1 Å². The Bertz CT molecular complexity index is 1100. The van der Waals surface area contributed by atoms with Crippen LogP contribution in [0.3, 0.4) is 0 Å². The summed E-state index contributed by atoms with van der Waals surface area (Å²) in [5.74, 6) is 0.0865. The van der Waals surface area contributed by atoms with Crippen LogP contribution in [0.15, 0.2) is 42.6 Å². The summed E-state index contributed by atoms with van der Waals surface area (Å²) in [6.07, 6.45) is 4.02. The molecule has 0 atom stereocenters. The second kappa shape index (κ2) is 8.81. The quantitative estimate of drug-likeness (QED) is 0.578. The molecule has 1 aliphatic rings. The maximum absolute atomic E-state index is 13.6. The third kappa shape index (κ3) is 4.50. The first-order valence-corrected chi connectivity index (χ1v) is 10.8. The lowest BCUT2D eigenvalue weighted by atomic mass is 10.0. The molecule has 0 saturated carbocycles. The highest BCUT2D eigenvalue weighted by Gasteiger charge is 2.22. The lowest BCUT2D eigenvalue weighted by molar-refractivity contribution is 0.253. The van der Waals surface area contributed by atoms with Crippen molar-refractivity contribution in [2.24, 2.45) is 0 Å². The Morgan fingerprint density at radius 1 is 1.16 bits per heavy atom. The predicted molar refractivity (Wildman–Crippen MR) is 126 cm³/mol. The van der Waals surface area contributed by atoms with Crippen molar-refractivity contribution in [3.8, 4) is 22.6 Å². The van der Waals surface area contributed by atoms with Crippen molar-refractivity contribution in [1.82, 2.24) is 14.9 Å². The van der Waals surface area contributed by atoms with Crippen molar-refractivity contribution in [3.63, 3.8) is 0 Å². The monoisotopic (exact) mass is 439 g/mol. The van der Waals surface area contributed by atoms with E-state index < -0.39 is 5.82 Å². The van der Waals surface area contributed by atoms with Gasteiger partial charge in [-0.15, -0.1) is 0 Å². The van der Waals surface area contributed by atoms with E-state index in [1.54, 1.807) is 18.3 Å². The van der Waals surface area contributed by atoms with E-state index in [1.807, 2.05) is 19.1 Å². The number of nitrogens with zero attached hydrogens (tertiary/aromatic N) is 4. The molecule has 2 heterocycles. The molecule has 0 amide bonds. The molecule has 31 heavy (non-hydrogen) atoms. The summed E-state index contributed by atoms with van der Waals surface area (Å²) in [5, 5.41) is 0.0679. The van der Waals surface area contributed by atoms with Crippen LogP contribution in [0.4, 0.5) is 15.8 Å². The number of nitrogen functional groups attached to an aromatic ring is 1. The minimum atomic E-state index is -0.453. The van der Waals surface area contributed by atoms with Crippen molar-refractivity contribution >= 4 is 23.0 Å². The van der Waals surface area contributed by atoms with E-state index in [0.29, 0.717) is 23.2 Å². The largest absolute Gasteiger partial charge is 0.398 e. The van der Waals surface area contributed by atoms with E-state index in [9.17, 15) is 4.39 Å². The highest BCUT2D eigenvalue weighted by atomic mass is 35.5. The Morgan fingerprint density at radius 3 is 2.61 bits per heavy atom. The van der Waals surface area contributed by atoms with Crippen LogP contribution in [-0.2, 0) is 0 Å². The first-order chi connectivity index (χ1) is 14.8. The number of hydrogen-bond donors (Lipinski definition) is 1.